The number of hydrogen-bond donors (Lipinski definition) is 4. The van der Waals surface area contributed by atoms with Crippen molar-refractivity contribution < 1.29 is 24.2 Å². The average molecular weight is 259 g/mol. The van der Waals surface area contributed by atoms with Crippen LogP contribution in [0.25, 0.3) is 0 Å². The number of morpholine rings is 1. The molecule has 0 spiro atoms. The fraction of sp³-hybridized carbons (Fsp3) is 0.700. The van der Waals surface area contributed by atoms with Crippen LogP contribution in [0.15, 0.2) is 0 Å². The summed E-state index contributed by atoms with van der Waals surface area (Å²) in [6.07, 6.45) is -0.651. The third kappa shape index (κ3) is 5.11. The van der Waals surface area contributed by atoms with Gasteiger partial charge >= 0.3 is 5.97 Å². The molecule has 8 heteroatoms. The normalized spacial score (nSPS) is 21.0. The molecule has 0 saturated carbocycles. The molecule has 0 aliphatic carbocycles. The van der Waals surface area contributed by atoms with E-state index in [4.69, 9.17) is 15.6 Å². The number of carboxylic acid groups (broad SMARTS) is 1. The monoisotopic (exact) mass is 259 g/mol. The van der Waals surface area contributed by atoms with Crippen LogP contribution in [0.3, 0.4) is 0 Å². The number of amides is 2. The molecular formula is C10H17N3O5. The number of aliphatic carboxylic acids is 1. The maximum Gasteiger partial charge on any atom is 0.326 e. The Morgan fingerprint density at radius 2 is 2.22 bits per heavy atom. The first-order valence-electron chi connectivity index (χ1n) is 5.62. The molecule has 0 aromatic carbocycles. The maximum atomic E-state index is 11.6. The predicted octanol–water partition coefficient (Wildman–Crippen LogP) is -2.19. The summed E-state index contributed by atoms with van der Waals surface area (Å²) in [4.78, 5) is 33.0. The first-order chi connectivity index (χ1) is 8.49. The van der Waals surface area contributed by atoms with Gasteiger partial charge in [0, 0.05) is 13.1 Å². The van der Waals surface area contributed by atoms with Gasteiger partial charge in [0.25, 0.3) is 0 Å². The second-order valence-electron chi connectivity index (χ2n) is 4.03. The van der Waals surface area contributed by atoms with Gasteiger partial charge in [0.1, 0.15) is 6.04 Å². The van der Waals surface area contributed by atoms with Crippen molar-refractivity contribution in [1.29, 1.82) is 0 Å². The third-order valence-corrected chi connectivity index (χ3v) is 2.46. The number of carboxylic acids is 1. The summed E-state index contributed by atoms with van der Waals surface area (Å²) in [5.74, 6) is -2.54. The van der Waals surface area contributed by atoms with Crippen molar-refractivity contribution in [3.05, 3.63) is 0 Å². The topological polar surface area (TPSA) is 131 Å². The standard InChI is InChI=1S/C10H17N3O5/c11-8(14)4-7(10(16)17)13-9(15)3-6-5-12-1-2-18-6/h6-7,12H,1-5H2,(H2,11,14)(H,13,15)(H,16,17)/t6?,7-/m1/s1. The highest BCUT2D eigenvalue weighted by Crippen LogP contribution is 2.02. The van der Waals surface area contributed by atoms with E-state index in [1.165, 1.54) is 0 Å². The molecule has 0 radical (unpaired) electrons. The second kappa shape index (κ2) is 6.92. The fourth-order valence-electron chi connectivity index (χ4n) is 1.61. The van der Waals surface area contributed by atoms with E-state index in [1.807, 2.05) is 0 Å². The number of nitrogens with one attached hydrogen (secondary N) is 2. The van der Waals surface area contributed by atoms with Crippen molar-refractivity contribution in [2.75, 3.05) is 19.7 Å². The summed E-state index contributed by atoms with van der Waals surface area (Å²) in [6, 6.07) is -1.29. The van der Waals surface area contributed by atoms with E-state index in [0.29, 0.717) is 13.2 Å². The van der Waals surface area contributed by atoms with E-state index >= 15 is 0 Å². The minimum atomic E-state index is -1.29. The number of nitrogens with two attached hydrogens (primary N) is 1. The summed E-state index contributed by atoms with van der Waals surface area (Å²) in [5, 5.41) is 14.1. The molecule has 8 nitrogen and oxygen atoms in total. The van der Waals surface area contributed by atoms with Gasteiger partial charge in [0.15, 0.2) is 0 Å². The molecular weight excluding hydrogens is 242 g/mol. The van der Waals surface area contributed by atoms with Gasteiger partial charge in [-0.15, -0.1) is 0 Å². The van der Waals surface area contributed by atoms with E-state index < -0.39 is 30.2 Å². The molecule has 18 heavy (non-hydrogen) atoms. The second-order valence-corrected chi connectivity index (χ2v) is 4.03. The Balaban J connectivity index is 2.40. The number of hydrogen-bond acceptors (Lipinski definition) is 5. The van der Waals surface area contributed by atoms with Gasteiger partial charge in [-0.3, -0.25) is 9.59 Å². The first-order valence-corrected chi connectivity index (χ1v) is 5.62. The number of carbonyl (C=O) groups excluding carboxylic acids is 2. The minimum absolute atomic E-state index is 0.0511. The number of rotatable bonds is 6. The maximum absolute atomic E-state index is 11.6. The van der Waals surface area contributed by atoms with Gasteiger partial charge in [-0.2, -0.15) is 0 Å². The van der Waals surface area contributed by atoms with Crippen molar-refractivity contribution >= 4 is 17.8 Å². The van der Waals surface area contributed by atoms with Crippen LogP contribution in [-0.4, -0.2) is 54.7 Å². The van der Waals surface area contributed by atoms with Crippen molar-refractivity contribution in [3.63, 3.8) is 0 Å². The Labute approximate surface area is 104 Å². The molecule has 5 N–H and O–H groups in total. The van der Waals surface area contributed by atoms with E-state index in [0.717, 1.165) is 6.54 Å². The van der Waals surface area contributed by atoms with Crippen LogP contribution >= 0.6 is 0 Å². The van der Waals surface area contributed by atoms with Gasteiger partial charge in [-0.25, -0.2) is 4.79 Å². The number of primary amides is 1. The Morgan fingerprint density at radius 1 is 1.50 bits per heavy atom. The van der Waals surface area contributed by atoms with Crippen molar-refractivity contribution in [2.24, 2.45) is 5.73 Å². The Bertz CT molecular complexity index is 327. The molecule has 2 atom stereocenters. The first kappa shape index (κ1) is 14.4. The highest BCUT2D eigenvalue weighted by Gasteiger charge is 2.24. The van der Waals surface area contributed by atoms with Crippen molar-refractivity contribution in [3.8, 4) is 0 Å². The zero-order chi connectivity index (χ0) is 13.5. The molecule has 0 aromatic heterocycles. The molecule has 0 bridgehead atoms. The lowest BCUT2D eigenvalue weighted by atomic mass is 10.1. The molecule has 102 valence electrons. The SMILES string of the molecule is NC(=O)C[C@@H](NC(=O)CC1CNCCO1)C(=O)O. The number of ether oxygens (including phenoxy) is 1. The highest BCUT2D eigenvalue weighted by atomic mass is 16.5. The van der Waals surface area contributed by atoms with Gasteiger partial charge in [0.05, 0.1) is 25.6 Å². The van der Waals surface area contributed by atoms with E-state index in [9.17, 15) is 14.4 Å². The van der Waals surface area contributed by atoms with E-state index in [2.05, 4.69) is 10.6 Å². The molecule has 1 rings (SSSR count). The lowest BCUT2D eigenvalue weighted by Gasteiger charge is -2.23. The Morgan fingerprint density at radius 3 is 2.72 bits per heavy atom. The number of carbonyl (C=O) groups is 3. The van der Waals surface area contributed by atoms with Crippen LogP contribution in [-0.2, 0) is 19.1 Å². The molecule has 0 aromatic rings. The zero-order valence-electron chi connectivity index (χ0n) is 9.85. The summed E-state index contributed by atoms with van der Waals surface area (Å²) in [6.45, 7) is 1.79. The van der Waals surface area contributed by atoms with Gasteiger partial charge < -0.3 is 26.2 Å². The average Bonchev–Trinajstić information content (AvgIpc) is 2.28. The predicted molar refractivity (Wildman–Crippen MR) is 60.6 cm³/mol. The molecule has 1 heterocycles. The Hall–Kier alpha value is -1.67. The van der Waals surface area contributed by atoms with Crippen LogP contribution in [0, 0.1) is 0 Å². The molecule has 1 aliphatic rings. The van der Waals surface area contributed by atoms with Gasteiger partial charge in [-0.1, -0.05) is 0 Å². The van der Waals surface area contributed by atoms with Crippen LogP contribution < -0.4 is 16.4 Å². The molecule has 2 amide bonds. The highest BCUT2D eigenvalue weighted by molar-refractivity contribution is 5.88. The third-order valence-electron chi connectivity index (χ3n) is 2.46. The minimum Gasteiger partial charge on any atom is -0.480 e. The lowest BCUT2D eigenvalue weighted by Crippen LogP contribution is -2.46. The van der Waals surface area contributed by atoms with Crippen molar-refractivity contribution in [2.45, 2.75) is 25.0 Å². The Kier molecular flexibility index (Phi) is 5.53. The van der Waals surface area contributed by atoms with Gasteiger partial charge in [0.2, 0.25) is 11.8 Å². The smallest absolute Gasteiger partial charge is 0.326 e. The zero-order valence-corrected chi connectivity index (χ0v) is 9.85. The van der Waals surface area contributed by atoms with E-state index in [-0.39, 0.29) is 12.5 Å². The summed E-state index contributed by atoms with van der Waals surface area (Å²) >= 11 is 0. The van der Waals surface area contributed by atoms with Crippen LogP contribution in [0.1, 0.15) is 12.8 Å². The lowest BCUT2D eigenvalue weighted by molar-refractivity contribution is -0.143. The van der Waals surface area contributed by atoms with Crippen molar-refractivity contribution in [1.82, 2.24) is 10.6 Å². The van der Waals surface area contributed by atoms with Crippen LogP contribution in [0.2, 0.25) is 0 Å². The van der Waals surface area contributed by atoms with Gasteiger partial charge in [-0.05, 0) is 0 Å². The van der Waals surface area contributed by atoms with Crippen LogP contribution in [0.5, 0.6) is 0 Å². The summed E-state index contributed by atoms with van der Waals surface area (Å²) < 4.78 is 5.31. The summed E-state index contributed by atoms with van der Waals surface area (Å²) in [5.41, 5.74) is 4.90. The molecule has 1 aliphatic heterocycles. The summed E-state index contributed by atoms with van der Waals surface area (Å²) in [7, 11) is 0. The van der Waals surface area contributed by atoms with E-state index in [1.54, 1.807) is 0 Å². The quantitative estimate of drug-likeness (QED) is 0.428. The molecule has 1 saturated heterocycles. The fourth-order valence-corrected chi connectivity index (χ4v) is 1.61. The molecule has 1 unspecified atom stereocenters. The largest absolute Gasteiger partial charge is 0.480 e. The molecule has 1 fully saturated rings. The van der Waals surface area contributed by atoms with Crippen LogP contribution in [0.4, 0.5) is 0 Å².